The predicted octanol–water partition coefficient (Wildman–Crippen LogP) is 6.82. The Bertz CT molecular complexity index is 397. The molecule has 0 aromatic carbocycles. The molecule has 0 radical (unpaired) electrons. The molecule has 22 heavy (non-hydrogen) atoms. The lowest BCUT2D eigenvalue weighted by Gasteiger charge is -2.48. The van der Waals surface area contributed by atoms with Gasteiger partial charge >= 0.3 is 0 Å². The summed E-state index contributed by atoms with van der Waals surface area (Å²) in [6.07, 6.45) is 9.02. The van der Waals surface area contributed by atoms with Gasteiger partial charge < -0.3 is 0 Å². The number of carbonyl (C=O) groups is 1. The zero-order valence-corrected chi connectivity index (χ0v) is 16.9. The van der Waals surface area contributed by atoms with Crippen LogP contribution in [0, 0.1) is 21.7 Å². The van der Waals surface area contributed by atoms with Gasteiger partial charge in [-0.2, -0.15) is 0 Å². The van der Waals surface area contributed by atoms with Crippen molar-refractivity contribution in [2.75, 3.05) is 0 Å². The molecule has 0 spiro atoms. The number of ketones is 1. The summed E-state index contributed by atoms with van der Waals surface area (Å²) in [5, 5.41) is 0. The van der Waals surface area contributed by atoms with Crippen LogP contribution in [0.15, 0.2) is 12.2 Å². The van der Waals surface area contributed by atoms with E-state index in [1.807, 2.05) is 0 Å². The zero-order chi connectivity index (χ0) is 17.8. The van der Waals surface area contributed by atoms with E-state index in [9.17, 15) is 4.79 Å². The van der Waals surface area contributed by atoms with Crippen LogP contribution >= 0.6 is 0 Å². The number of carbonyl (C=O) groups excluding carboxylic acids is 1. The Hall–Kier alpha value is -0.590. The number of allylic oxidation sites excluding steroid dienone is 2. The summed E-state index contributed by atoms with van der Waals surface area (Å²) >= 11 is 0. The van der Waals surface area contributed by atoms with Gasteiger partial charge in [0.1, 0.15) is 5.78 Å². The summed E-state index contributed by atoms with van der Waals surface area (Å²) in [6, 6.07) is 0. The minimum atomic E-state index is -0.251. The molecule has 2 unspecified atom stereocenters. The van der Waals surface area contributed by atoms with Gasteiger partial charge in [-0.25, -0.2) is 0 Å². The molecule has 1 nitrogen and oxygen atoms in total. The van der Waals surface area contributed by atoms with Gasteiger partial charge in [0.15, 0.2) is 0 Å². The van der Waals surface area contributed by atoms with E-state index < -0.39 is 0 Å². The SMILES string of the molecule is CCC(C)(C=CCC(C)(C)C)C(C)(CC)CC(C)(C)C(C)=O. The maximum atomic E-state index is 12.0. The maximum absolute atomic E-state index is 12.0. The van der Waals surface area contributed by atoms with Crippen molar-refractivity contribution in [2.24, 2.45) is 21.7 Å². The summed E-state index contributed by atoms with van der Waals surface area (Å²) < 4.78 is 0. The van der Waals surface area contributed by atoms with Crippen LogP contribution in [-0.4, -0.2) is 5.78 Å². The second-order valence-corrected chi connectivity index (χ2v) is 9.47. The van der Waals surface area contributed by atoms with Gasteiger partial charge in [-0.15, -0.1) is 0 Å². The molecule has 0 aliphatic rings. The van der Waals surface area contributed by atoms with Crippen LogP contribution in [0.3, 0.4) is 0 Å². The zero-order valence-electron chi connectivity index (χ0n) is 16.9. The first-order valence-corrected chi connectivity index (χ1v) is 8.92. The second-order valence-electron chi connectivity index (χ2n) is 9.47. The van der Waals surface area contributed by atoms with E-state index in [1.54, 1.807) is 6.92 Å². The van der Waals surface area contributed by atoms with E-state index >= 15 is 0 Å². The Labute approximate surface area is 140 Å². The molecule has 0 aliphatic carbocycles. The van der Waals surface area contributed by atoms with Gasteiger partial charge in [0, 0.05) is 5.41 Å². The van der Waals surface area contributed by atoms with Crippen molar-refractivity contribution >= 4 is 5.78 Å². The fourth-order valence-corrected chi connectivity index (χ4v) is 3.25. The van der Waals surface area contributed by atoms with Crippen molar-refractivity contribution in [3.63, 3.8) is 0 Å². The molecule has 0 saturated carbocycles. The Balaban J connectivity index is 5.48. The summed E-state index contributed by atoms with van der Waals surface area (Å²) in [5.41, 5.74) is 0.330. The van der Waals surface area contributed by atoms with Crippen molar-refractivity contribution in [2.45, 2.75) is 94.9 Å². The van der Waals surface area contributed by atoms with Crippen LogP contribution in [0.2, 0.25) is 0 Å². The van der Waals surface area contributed by atoms with Crippen LogP contribution in [0.25, 0.3) is 0 Å². The van der Waals surface area contributed by atoms with Crippen LogP contribution in [0.5, 0.6) is 0 Å². The summed E-state index contributed by atoms with van der Waals surface area (Å²) in [7, 11) is 0. The first-order valence-electron chi connectivity index (χ1n) is 8.92. The number of Topliss-reactive ketones (excluding diaryl/α,β-unsaturated/α-hetero) is 1. The fourth-order valence-electron chi connectivity index (χ4n) is 3.25. The molecule has 1 heteroatoms. The molecular weight excluding hydrogens is 268 g/mol. The topological polar surface area (TPSA) is 17.1 Å². The molecule has 0 fully saturated rings. The average molecular weight is 309 g/mol. The molecule has 0 N–H and O–H groups in total. The van der Waals surface area contributed by atoms with Crippen molar-refractivity contribution in [3.05, 3.63) is 12.2 Å². The van der Waals surface area contributed by atoms with E-state index in [4.69, 9.17) is 0 Å². The first-order chi connectivity index (χ1) is 9.73. The largest absolute Gasteiger partial charge is 0.299 e. The monoisotopic (exact) mass is 308 g/mol. The van der Waals surface area contributed by atoms with Gasteiger partial charge in [-0.1, -0.05) is 74.5 Å². The summed E-state index contributed by atoms with van der Waals surface area (Å²) in [5.74, 6) is 0.296. The lowest BCUT2D eigenvalue weighted by molar-refractivity contribution is -0.127. The minimum absolute atomic E-state index is 0.125. The molecule has 0 amide bonds. The van der Waals surface area contributed by atoms with Gasteiger partial charge in [-0.3, -0.25) is 4.79 Å². The highest BCUT2D eigenvalue weighted by Gasteiger charge is 2.44. The van der Waals surface area contributed by atoms with Crippen LogP contribution in [0.4, 0.5) is 0 Å². The third kappa shape index (κ3) is 5.56. The first kappa shape index (κ1) is 21.4. The normalized spacial score (nSPS) is 19.0. The van der Waals surface area contributed by atoms with E-state index in [0.29, 0.717) is 11.2 Å². The van der Waals surface area contributed by atoms with Gasteiger partial charge in [0.2, 0.25) is 0 Å². The Morgan fingerprint density at radius 1 is 0.909 bits per heavy atom. The lowest BCUT2D eigenvalue weighted by atomic mass is 9.56. The highest BCUT2D eigenvalue weighted by Crippen LogP contribution is 2.52. The van der Waals surface area contributed by atoms with Crippen LogP contribution in [0.1, 0.15) is 94.9 Å². The minimum Gasteiger partial charge on any atom is -0.299 e. The van der Waals surface area contributed by atoms with E-state index in [-0.39, 0.29) is 16.2 Å². The smallest absolute Gasteiger partial charge is 0.135 e. The average Bonchev–Trinajstić information content (AvgIpc) is 2.35. The quantitative estimate of drug-likeness (QED) is 0.450. The number of rotatable bonds is 8. The predicted molar refractivity (Wildman–Crippen MR) is 99.1 cm³/mol. The van der Waals surface area contributed by atoms with Crippen LogP contribution < -0.4 is 0 Å². The maximum Gasteiger partial charge on any atom is 0.135 e. The molecule has 0 aliphatic heterocycles. The molecule has 2 atom stereocenters. The fraction of sp³-hybridized carbons (Fsp3) is 0.857. The van der Waals surface area contributed by atoms with Gasteiger partial charge in [0.05, 0.1) is 0 Å². The van der Waals surface area contributed by atoms with E-state index in [1.165, 1.54) is 0 Å². The van der Waals surface area contributed by atoms with Crippen molar-refractivity contribution in [1.82, 2.24) is 0 Å². The molecule has 0 heterocycles. The van der Waals surface area contributed by atoms with Gasteiger partial charge in [-0.05, 0) is 48.9 Å². The van der Waals surface area contributed by atoms with Gasteiger partial charge in [0.25, 0.3) is 0 Å². The van der Waals surface area contributed by atoms with Crippen molar-refractivity contribution < 1.29 is 4.79 Å². The molecule has 0 rings (SSSR count). The van der Waals surface area contributed by atoms with Crippen molar-refractivity contribution in [3.8, 4) is 0 Å². The number of hydrogen-bond acceptors (Lipinski definition) is 1. The Morgan fingerprint density at radius 3 is 1.73 bits per heavy atom. The third-order valence-corrected chi connectivity index (χ3v) is 5.89. The molecule has 130 valence electrons. The summed E-state index contributed by atoms with van der Waals surface area (Å²) in [4.78, 5) is 12.0. The molecular formula is C21H40O. The molecule has 0 bridgehead atoms. The Kier molecular flexibility index (Phi) is 7.12. The van der Waals surface area contributed by atoms with E-state index in [0.717, 1.165) is 25.7 Å². The Morgan fingerprint density at radius 2 is 1.41 bits per heavy atom. The summed E-state index contributed by atoms with van der Waals surface area (Å²) in [6.45, 7) is 22.0. The standard InChI is InChI=1S/C21H40O/c1-11-20(9,15-13-14-18(4,5)6)21(10,12-2)16-19(7,8)17(3)22/h13,15H,11-12,14,16H2,1-10H3. The lowest BCUT2D eigenvalue weighted by Crippen LogP contribution is -2.41. The molecule has 0 aromatic rings. The van der Waals surface area contributed by atoms with Crippen molar-refractivity contribution in [1.29, 1.82) is 0 Å². The number of hydrogen-bond donors (Lipinski definition) is 0. The third-order valence-electron chi connectivity index (χ3n) is 5.89. The highest BCUT2D eigenvalue weighted by molar-refractivity contribution is 5.81. The molecule has 0 aromatic heterocycles. The molecule has 0 saturated heterocycles. The second kappa shape index (κ2) is 7.32. The highest BCUT2D eigenvalue weighted by atomic mass is 16.1. The van der Waals surface area contributed by atoms with E-state index in [2.05, 4.69) is 74.5 Å². The van der Waals surface area contributed by atoms with Crippen LogP contribution in [-0.2, 0) is 4.79 Å².